The first-order valence-electron chi connectivity index (χ1n) is 4.59. The van der Waals surface area contributed by atoms with Gasteiger partial charge in [0.2, 0.25) is 5.91 Å². The Morgan fingerprint density at radius 1 is 1.23 bits per heavy atom. The molecule has 74 valence electrons. The summed E-state index contributed by atoms with van der Waals surface area (Å²) in [4.78, 5) is 21.3. The Balaban J connectivity index is 2.30. The van der Waals surface area contributed by atoms with Crippen molar-refractivity contribution in [2.24, 2.45) is 5.92 Å². The molecule has 1 fully saturated rings. The van der Waals surface area contributed by atoms with E-state index >= 15 is 0 Å². The Morgan fingerprint density at radius 3 is 2.15 bits per heavy atom. The van der Waals surface area contributed by atoms with E-state index in [9.17, 15) is 9.59 Å². The highest BCUT2D eigenvalue weighted by Gasteiger charge is 2.25. The molecule has 0 aromatic heterocycles. The number of hydrogen-bond donors (Lipinski definition) is 2. The molecule has 1 saturated carbocycles. The van der Waals surface area contributed by atoms with Gasteiger partial charge >= 0.3 is 5.97 Å². The molecular weight excluding hydrogens is 170 g/mol. The van der Waals surface area contributed by atoms with Gasteiger partial charge in [0.1, 0.15) is 0 Å². The molecule has 0 bridgehead atoms. The van der Waals surface area contributed by atoms with E-state index in [1.165, 1.54) is 6.92 Å². The third-order valence-electron chi connectivity index (χ3n) is 2.48. The Morgan fingerprint density at radius 2 is 1.77 bits per heavy atom. The Bertz CT molecular complexity index is 207. The first-order valence-corrected chi connectivity index (χ1v) is 4.59. The molecule has 4 nitrogen and oxygen atoms in total. The van der Waals surface area contributed by atoms with Gasteiger partial charge in [-0.1, -0.05) is 0 Å². The number of carboxylic acid groups (broad SMARTS) is 1. The third kappa shape index (κ3) is 3.05. The molecule has 0 unspecified atom stereocenters. The number of amides is 1. The van der Waals surface area contributed by atoms with Crippen molar-refractivity contribution in [1.29, 1.82) is 0 Å². The summed E-state index contributed by atoms with van der Waals surface area (Å²) in [5.74, 6) is -0.940. The van der Waals surface area contributed by atoms with E-state index < -0.39 is 5.97 Å². The number of carbonyl (C=O) groups is 2. The summed E-state index contributed by atoms with van der Waals surface area (Å²) in [6.07, 6.45) is 2.94. The summed E-state index contributed by atoms with van der Waals surface area (Å²) >= 11 is 0. The molecule has 0 saturated heterocycles. The highest BCUT2D eigenvalue weighted by molar-refractivity contribution is 5.73. The molecule has 0 aromatic rings. The summed E-state index contributed by atoms with van der Waals surface area (Å²) in [6, 6.07) is 0.188. The van der Waals surface area contributed by atoms with Crippen LogP contribution in [0.2, 0.25) is 0 Å². The van der Waals surface area contributed by atoms with Gasteiger partial charge in [-0.15, -0.1) is 0 Å². The fourth-order valence-electron chi connectivity index (χ4n) is 1.77. The van der Waals surface area contributed by atoms with Crippen LogP contribution in [0.3, 0.4) is 0 Å². The molecule has 1 aliphatic rings. The van der Waals surface area contributed by atoms with Gasteiger partial charge in [0.05, 0.1) is 5.92 Å². The van der Waals surface area contributed by atoms with Crippen LogP contribution in [0.4, 0.5) is 0 Å². The lowest BCUT2D eigenvalue weighted by molar-refractivity contribution is -0.142. The first-order chi connectivity index (χ1) is 6.09. The average Bonchev–Trinajstić information content (AvgIpc) is 2.04. The van der Waals surface area contributed by atoms with Crippen molar-refractivity contribution in [3.05, 3.63) is 0 Å². The molecule has 1 aliphatic carbocycles. The maximum absolute atomic E-state index is 10.7. The van der Waals surface area contributed by atoms with Crippen LogP contribution < -0.4 is 5.32 Å². The minimum absolute atomic E-state index is 0.0289. The Hall–Kier alpha value is -1.06. The summed E-state index contributed by atoms with van der Waals surface area (Å²) in [7, 11) is 0. The lowest BCUT2D eigenvalue weighted by atomic mass is 9.86. The monoisotopic (exact) mass is 185 g/mol. The number of carbonyl (C=O) groups excluding carboxylic acids is 1. The number of hydrogen-bond acceptors (Lipinski definition) is 2. The zero-order chi connectivity index (χ0) is 9.84. The lowest BCUT2D eigenvalue weighted by Gasteiger charge is -2.26. The predicted molar refractivity (Wildman–Crippen MR) is 47.2 cm³/mol. The van der Waals surface area contributed by atoms with Gasteiger partial charge in [-0.05, 0) is 25.7 Å². The molecule has 1 amide bonds. The van der Waals surface area contributed by atoms with E-state index in [0.29, 0.717) is 12.8 Å². The number of carboxylic acids is 1. The Kier molecular flexibility index (Phi) is 3.28. The normalized spacial score (nSPS) is 28.1. The fraction of sp³-hybridized carbons (Fsp3) is 0.778. The molecule has 0 radical (unpaired) electrons. The van der Waals surface area contributed by atoms with Crippen molar-refractivity contribution in [2.45, 2.75) is 38.6 Å². The highest BCUT2D eigenvalue weighted by Crippen LogP contribution is 2.24. The molecule has 0 aliphatic heterocycles. The SMILES string of the molecule is CC(=O)NC1CCC(C(=O)O)CC1. The van der Waals surface area contributed by atoms with Crippen LogP contribution in [-0.2, 0) is 9.59 Å². The zero-order valence-corrected chi connectivity index (χ0v) is 7.75. The van der Waals surface area contributed by atoms with E-state index in [4.69, 9.17) is 5.11 Å². The van der Waals surface area contributed by atoms with Crippen LogP contribution >= 0.6 is 0 Å². The van der Waals surface area contributed by atoms with Crippen LogP contribution in [0.25, 0.3) is 0 Å². The second-order valence-corrected chi connectivity index (χ2v) is 3.59. The molecule has 1 rings (SSSR count). The van der Waals surface area contributed by atoms with Crippen LogP contribution in [0.1, 0.15) is 32.6 Å². The topological polar surface area (TPSA) is 66.4 Å². The number of nitrogens with one attached hydrogen (secondary N) is 1. The minimum atomic E-state index is -0.707. The number of rotatable bonds is 2. The quantitative estimate of drug-likeness (QED) is 0.667. The molecule has 13 heavy (non-hydrogen) atoms. The van der Waals surface area contributed by atoms with Gasteiger partial charge in [0.15, 0.2) is 0 Å². The molecule has 2 N–H and O–H groups in total. The first kappa shape index (κ1) is 10.0. The average molecular weight is 185 g/mol. The van der Waals surface area contributed by atoms with E-state index in [-0.39, 0.29) is 17.9 Å². The van der Waals surface area contributed by atoms with Gasteiger partial charge < -0.3 is 10.4 Å². The number of aliphatic carboxylic acids is 1. The molecule has 0 heterocycles. The van der Waals surface area contributed by atoms with E-state index in [1.54, 1.807) is 0 Å². The van der Waals surface area contributed by atoms with Crippen molar-refractivity contribution < 1.29 is 14.7 Å². The van der Waals surface area contributed by atoms with Crippen LogP contribution in [0.5, 0.6) is 0 Å². The maximum atomic E-state index is 10.7. The standard InChI is InChI=1S/C9H15NO3/c1-6(11)10-8-4-2-7(3-5-8)9(12)13/h7-8H,2-5H2,1H3,(H,10,11)(H,12,13). The Labute approximate surface area is 77.3 Å². The van der Waals surface area contributed by atoms with Crippen molar-refractivity contribution in [2.75, 3.05) is 0 Å². The summed E-state index contributed by atoms with van der Waals surface area (Å²) in [5.41, 5.74) is 0. The highest BCUT2D eigenvalue weighted by atomic mass is 16.4. The van der Waals surface area contributed by atoms with Crippen molar-refractivity contribution in [3.63, 3.8) is 0 Å². The lowest BCUT2D eigenvalue weighted by Crippen LogP contribution is -2.37. The van der Waals surface area contributed by atoms with Gasteiger partial charge in [0.25, 0.3) is 0 Å². The van der Waals surface area contributed by atoms with E-state index in [0.717, 1.165) is 12.8 Å². The van der Waals surface area contributed by atoms with E-state index in [1.807, 2.05) is 0 Å². The fourth-order valence-corrected chi connectivity index (χ4v) is 1.77. The van der Waals surface area contributed by atoms with Crippen molar-refractivity contribution in [3.8, 4) is 0 Å². The summed E-state index contributed by atoms with van der Waals surface area (Å²) in [5, 5.41) is 11.5. The molecular formula is C9H15NO3. The van der Waals surface area contributed by atoms with Crippen LogP contribution in [0.15, 0.2) is 0 Å². The van der Waals surface area contributed by atoms with Crippen molar-refractivity contribution in [1.82, 2.24) is 5.32 Å². The summed E-state index contributed by atoms with van der Waals surface area (Å²) < 4.78 is 0. The second kappa shape index (κ2) is 4.25. The zero-order valence-electron chi connectivity index (χ0n) is 7.75. The van der Waals surface area contributed by atoms with Gasteiger partial charge in [-0.2, -0.15) is 0 Å². The smallest absolute Gasteiger partial charge is 0.306 e. The minimum Gasteiger partial charge on any atom is -0.481 e. The van der Waals surface area contributed by atoms with Crippen LogP contribution in [0, 0.1) is 5.92 Å². The summed E-state index contributed by atoms with van der Waals surface area (Å²) in [6.45, 7) is 1.49. The largest absolute Gasteiger partial charge is 0.481 e. The molecule has 0 spiro atoms. The third-order valence-corrected chi connectivity index (χ3v) is 2.48. The molecule has 4 heteroatoms. The maximum Gasteiger partial charge on any atom is 0.306 e. The molecule has 0 aromatic carbocycles. The van der Waals surface area contributed by atoms with Gasteiger partial charge in [0, 0.05) is 13.0 Å². The van der Waals surface area contributed by atoms with Gasteiger partial charge in [-0.25, -0.2) is 0 Å². The predicted octanol–water partition coefficient (Wildman–Crippen LogP) is 0.766. The van der Waals surface area contributed by atoms with Gasteiger partial charge in [-0.3, -0.25) is 9.59 Å². The second-order valence-electron chi connectivity index (χ2n) is 3.59. The molecule has 0 atom stereocenters. The van der Waals surface area contributed by atoms with Crippen LogP contribution in [-0.4, -0.2) is 23.0 Å². The van der Waals surface area contributed by atoms with E-state index in [2.05, 4.69) is 5.32 Å². The van der Waals surface area contributed by atoms with Crippen molar-refractivity contribution >= 4 is 11.9 Å².